The summed E-state index contributed by atoms with van der Waals surface area (Å²) in [6.45, 7) is 6.11. The quantitative estimate of drug-likeness (QED) is 0.732. The molecule has 1 N–H and O–H groups in total. The molecule has 170 valence electrons. The number of nitrogens with zero attached hydrogens (tertiary/aromatic N) is 5. The van der Waals surface area contributed by atoms with Gasteiger partial charge in [-0.25, -0.2) is 9.97 Å². The van der Waals surface area contributed by atoms with E-state index in [4.69, 9.17) is 4.74 Å². The predicted molar refractivity (Wildman–Crippen MR) is 119 cm³/mol. The van der Waals surface area contributed by atoms with Crippen LogP contribution in [0, 0.1) is 5.92 Å². The van der Waals surface area contributed by atoms with Gasteiger partial charge in [-0.2, -0.15) is 0 Å². The fourth-order valence-corrected chi connectivity index (χ4v) is 3.58. The van der Waals surface area contributed by atoms with E-state index in [1.807, 2.05) is 26.0 Å². The Morgan fingerprint density at radius 3 is 2.81 bits per heavy atom. The van der Waals surface area contributed by atoms with Crippen molar-refractivity contribution in [2.24, 2.45) is 5.92 Å². The monoisotopic (exact) mass is 439 g/mol. The second-order valence-corrected chi connectivity index (χ2v) is 8.02. The van der Waals surface area contributed by atoms with Gasteiger partial charge in [0.05, 0.1) is 25.4 Å². The van der Waals surface area contributed by atoms with Gasteiger partial charge in [0.25, 0.3) is 11.8 Å². The Kier molecular flexibility index (Phi) is 7.53. The van der Waals surface area contributed by atoms with Gasteiger partial charge >= 0.3 is 0 Å². The van der Waals surface area contributed by atoms with E-state index in [1.54, 1.807) is 31.1 Å². The number of rotatable bonds is 6. The fraction of sp³-hybridized carbons (Fsp3) is 0.435. The van der Waals surface area contributed by atoms with Crippen molar-refractivity contribution in [3.8, 4) is 5.88 Å². The first kappa shape index (κ1) is 23.3. The van der Waals surface area contributed by atoms with Gasteiger partial charge in [-0.1, -0.05) is 19.1 Å². The molecule has 0 saturated heterocycles. The topological polar surface area (TPSA) is 109 Å². The SMILES string of the molecule is C/C=C/c1cnc2c(c1)C(=O)N([C@H](C)CO)C[C@@H](C)[C@@H](CN(C)C(=O)c1cnccn1)O2. The van der Waals surface area contributed by atoms with Crippen LogP contribution in [0.15, 0.2) is 36.9 Å². The van der Waals surface area contributed by atoms with Gasteiger partial charge < -0.3 is 19.6 Å². The van der Waals surface area contributed by atoms with E-state index in [0.29, 0.717) is 12.1 Å². The van der Waals surface area contributed by atoms with Gasteiger partial charge in [0.15, 0.2) is 0 Å². The number of fused-ring (bicyclic) bond motifs is 1. The molecule has 0 saturated carbocycles. The maximum atomic E-state index is 13.3. The lowest BCUT2D eigenvalue weighted by atomic mass is 9.99. The third-order valence-corrected chi connectivity index (χ3v) is 5.48. The average Bonchev–Trinajstić information content (AvgIpc) is 2.81. The molecule has 3 rings (SSSR count). The van der Waals surface area contributed by atoms with Crippen molar-refractivity contribution in [2.75, 3.05) is 26.7 Å². The molecule has 0 bridgehead atoms. The third-order valence-electron chi connectivity index (χ3n) is 5.48. The molecule has 2 aromatic heterocycles. The van der Waals surface area contributed by atoms with Crippen LogP contribution in [0.25, 0.3) is 6.08 Å². The zero-order valence-corrected chi connectivity index (χ0v) is 18.8. The molecule has 0 aromatic carbocycles. The van der Waals surface area contributed by atoms with E-state index in [0.717, 1.165) is 5.56 Å². The van der Waals surface area contributed by atoms with Gasteiger partial charge in [-0.05, 0) is 25.5 Å². The van der Waals surface area contributed by atoms with Gasteiger partial charge in [-0.3, -0.25) is 14.6 Å². The molecule has 2 aromatic rings. The number of pyridine rings is 1. The van der Waals surface area contributed by atoms with Crippen LogP contribution in [-0.2, 0) is 0 Å². The van der Waals surface area contributed by atoms with Crippen LogP contribution in [0.4, 0.5) is 0 Å². The molecule has 0 radical (unpaired) electrons. The summed E-state index contributed by atoms with van der Waals surface area (Å²) in [7, 11) is 1.68. The first-order valence-electron chi connectivity index (χ1n) is 10.6. The number of hydrogen-bond acceptors (Lipinski definition) is 7. The number of likely N-dealkylation sites (N-methyl/N-ethyl adjacent to an activating group) is 1. The molecule has 0 fully saturated rings. The molecule has 0 aliphatic carbocycles. The number of hydrogen-bond donors (Lipinski definition) is 1. The number of amides is 2. The molecule has 32 heavy (non-hydrogen) atoms. The third kappa shape index (κ3) is 5.11. The maximum absolute atomic E-state index is 13.3. The highest BCUT2D eigenvalue weighted by molar-refractivity contribution is 5.97. The van der Waals surface area contributed by atoms with Crippen LogP contribution >= 0.6 is 0 Å². The second-order valence-electron chi connectivity index (χ2n) is 8.02. The fourth-order valence-electron chi connectivity index (χ4n) is 3.58. The Balaban J connectivity index is 1.93. The summed E-state index contributed by atoms with van der Waals surface area (Å²) >= 11 is 0. The molecular weight excluding hydrogens is 410 g/mol. The minimum absolute atomic E-state index is 0.129. The van der Waals surface area contributed by atoms with Crippen LogP contribution in [0.1, 0.15) is 47.2 Å². The lowest BCUT2D eigenvalue weighted by Crippen LogP contribution is -2.50. The van der Waals surface area contributed by atoms with Crippen molar-refractivity contribution < 1.29 is 19.4 Å². The molecule has 3 heterocycles. The van der Waals surface area contributed by atoms with Crippen molar-refractivity contribution in [2.45, 2.75) is 32.9 Å². The lowest BCUT2D eigenvalue weighted by molar-refractivity contribution is 0.0312. The highest BCUT2D eigenvalue weighted by atomic mass is 16.5. The van der Waals surface area contributed by atoms with Crippen LogP contribution in [-0.4, -0.2) is 80.6 Å². The number of aromatic nitrogens is 3. The maximum Gasteiger partial charge on any atom is 0.273 e. The minimum atomic E-state index is -0.430. The van der Waals surface area contributed by atoms with Crippen LogP contribution in [0.2, 0.25) is 0 Å². The van der Waals surface area contributed by atoms with E-state index >= 15 is 0 Å². The van der Waals surface area contributed by atoms with Crippen molar-refractivity contribution in [1.82, 2.24) is 24.8 Å². The number of carbonyl (C=O) groups excluding carboxylic acids is 2. The number of allylic oxidation sites excluding steroid dienone is 1. The van der Waals surface area contributed by atoms with E-state index in [2.05, 4.69) is 15.0 Å². The standard InChI is InChI=1S/C23H29N5O4/c1-5-6-17-9-18-21(26-10-17)32-20(15(2)12-28(22(18)30)16(3)14-29)13-27(4)23(31)19-11-24-7-8-25-19/h5-11,15-16,20,29H,12-14H2,1-4H3/b6-5+/t15-,16-,20-/m1/s1. The van der Waals surface area contributed by atoms with Crippen molar-refractivity contribution in [3.05, 3.63) is 53.8 Å². The molecule has 0 spiro atoms. The highest BCUT2D eigenvalue weighted by Crippen LogP contribution is 2.27. The summed E-state index contributed by atoms with van der Waals surface area (Å²) in [4.78, 5) is 41.7. The van der Waals surface area contributed by atoms with E-state index in [1.165, 1.54) is 23.5 Å². The molecule has 2 amide bonds. The summed E-state index contributed by atoms with van der Waals surface area (Å²) in [6, 6.07) is 1.37. The summed E-state index contributed by atoms with van der Waals surface area (Å²) in [5, 5.41) is 9.73. The molecule has 9 nitrogen and oxygen atoms in total. The predicted octanol–water partition coefficient (Wildman–Crippen LogP) is 1.90. The Hall–Kier alpha value is -3.33. The smallest absolute Gasteiger partial charge is 0.273 e. The summed E-state index contributed by atoms with van der Waals surface area (Å²) in [5.41, 5.74) is 1.36. The van der Waals surface area contributed by atoms with Crippen molar-refractivity contribution >= 4 is 17.9 Å². The van der Waals surface area contributed by atoms with Crippen molar-refractivity contribution in [1.29, 1.82) is 0 Å². The number of ether oxygens (including phenoxy) is 1. The van der Waals surface area contributed by atoms with Gasteiger partial charge in [-0.15, -0.1) is 0 Å². The Bertz CT molecular complexity index is 982. The summed E-state index contributed by atoms with van der Waals surface area (Å²) in [6.07, 6.45) is 9.33. The first-order chi connectivity index (χ1) is 15.3. The van der Waals surface area contributed by atoms with E-state index in [-0.39, 0.29) is 48.5 Å². The Labute approximate surface area is 187 Å². The molecule has 1 aliphatic rings. The average molecular weight is 440 g/mol. The van der Waals surface area contributed by atoms with E-state index in [9.17, 15) is 14.7 Å². The normalized spacial score (nSPS) is 19.7. The molecule has 9 heteroatoms. The molecule has 1 aliphatic heterocycles. The second kappa shape index (κ2) is 10.3. The highest BCUT2D eigenvalue weighted by Gasteiger charge is 2.34. The Morgan fingerprint density at radius 1 is 1.38 bits per heavy atom. The van der Waals surface area contributed by atoms with Crippen LogP contribution < -0.4 is 4.74 Å². The van der Waals surface area contributed by atoms with E-state index < -0.39 is 6.10 Å². The summed E-state index contributed by atoms with van der Waals surface area (Å²) < 4.78 is 6.20. The number of aliphatic hydroxyl groups excluding tert-OH is 1. The van der Waals surface area contributed by atoms with Crippen molar-refractivity contribution in [3.63, 3.8) is 0 Å². The minimum Gasteiger partial charge on any atom is -0.472 e. The van der Waals surface area contributed by atoms with Gasteiger partial charge in [0, 0.05) is 38.1 Å². The molecule has 3 atom stereocenters. The lowest BCUT2D eigenvalue weighted by Gasteiger charge is -2.37. The first-order valence-corrected chi connectivity index (χ1v) is 10.6. The zero-order valence-electron chi connectivity index (χ0n) is 18.8. The molecule has 0 unspecified atom stereocenters. The van der Waals surface area contributed by atoms with Crippen LogP contribution in [0.3, 0.4) is 0 Å². The number of carbonyl (C=O) groups is 2. The zero-order chi connectivity index (χ0) is 23.3. The van der Waals surface area contributed by atoms with Gasteiger partial charge in [0.2, 0.25) is 5.88 Å². The summed E-state index contributed by atoms with van der Waals surface area (Å²) in [5.74, 6) is -0.426. The molecular formula is C23H29N5O4. The Morgan fingerprint density at radius 2 is 2.16 bits per heavy atom. The number of aliphatic hydroxyl groups is 1. The van der Waals surface area contributed by atoms with Crippen LogP contribution in [0.5, 0.6) is 5.88 Å². The largest absolute Gasteiger partial charge is 0.472 e. The van der Waals surface area contributed by atoms with Gasteiger partial charge in [0.1, 0.15) is 17.4 Å².